The van der Waals surface area contributed by atoms with Crippen LogP contribution in [-0.2, 0) is 16.4 Å². The average Bonchev–Trinajstić information content (AvgIpc) is 2.58. The van der Waals surface area contributed by atoms with Gasteiger partial charge in [0.15, 0.2) is 0 Å². The molecule has 128 valence electrons. The van der Waals surface area contributed by atoms with Gasteiger partial charge in [0.05, 0.1) is 4.90 Å². The van der Waals surface area contributed by atoms with Gasteiger partial charge in [-0.15, -0.1) is 0 Å². The number of hydrogen-bond donors (Lipinski definition) is 1. The van der Waals surface area contributed by atoms with Crippen molar-refractivity contribution in [3.8, 4) is 0 Å². The molecule has 1 N–H and O–H groups in total. The lowest BCUT2D eigenvalue weighted by Gasteiger charge is -2.09. The van der Waals surface area contributed by atoms with E-state index in [-0.39, 0.29) is 4.90 Å². The molecule has 0 saturated heterocycles. The highest BCUT2D eigenvalue weighted by Crippen LogP contribution is 2.11. The molecule has 0 fully saturated rings. The molecule has 0 unspecified atom stereocenters. The Morgan fingerprint density at radius 3 is 2.33 bits per heavy atom. The topological polar surface area (TPSA) is 58.5 Å². The first-order valence-corrected chi connectivity index (χ1v) is 9.67. The summed E-state index contributed by atoms with van der Waals surface area (Å²) < 4.78 is 24.7. The lowest BCUT2D eigenvalue weighted by molar-refractivity contribution is 0.584. The van der Waals surface area contributed by atoms with E-state index in [1.165, 1.54) is 0 Å². The largest absolute Gasteiger partial charge is 0.276 e. The van der Waals surface area contributed by atoms with E-state index in [4.69, 9.17) is 0 Å². The van der Waals surface area contributed by atoms with Crippen molar-refractivity contribution in [2.75, 3.05) is 0 Å². The second-order valence-electron chi connectivity index (χ2n) is 5.85. The molecule has 0 heterocycles. The van der Waals surface area contributed by atoms with E-state index in [1.54, 1.807) is 24.3 Å². The quantitative estimate of drug-likeness (QED) is 0.580. The minimum Gasteiger partial charge on any atom is -0.200 e. The van der Waals surface area contributed by atoms with Gasteiger partial charge >= 0.3 is 0 Å². The van der Waals surface area contributed by atoms with Crippen LogP contribution in [0.4, 0.5) is 0 Å². The minimum absolute atomic E-state index is 0.228. The molecule has 0 amide bonds. The van der Waals surface area contributed by atoms with Crippen LogP contribution in [0, 0.1) is 6.92 Å². The molecular formula is C19H24N2O2S. The maximum atomic E-state index is 12.4. The molecule has 2 aromatic rings. The predicted octanol–water partition coefficient (Wildman–Crippen LogP) is 4.06. The van der Waals surface area contributed by atoms with E-state index in [9.17, 15) is 8.42 Å². The van der Waals surface area contributed by atoms with Crippen molar-refractivity contribution in [3.63, 3.8) is 0 Å². The van der Waals surface area contributed by atoms with Crippen LogP contribution in [-0.4, -0.2) is 14.1 Å². The molecule has 4 nitrogen and oxygen atoms in total. The van der Waals surface area contributed by atoms with Gasteiger partial charge in [-0.2, -0.15) is 13.5 Å². The predicted molar refractivity (Wildman–Crippen MR) is 98.6 cm³/mol. The fourth-order valence-electron chi connectivity index (χ4n) is 2.29. The molecule has 0 saturated carbocycles. The Bertz CT molecular complexity index is 767. The highest BCUT2D eigenvalue weighted by Gasteiger charge is 2.13. The van der Waals surface area contributed by atoms with Gasteiger partial charge in [-0.1, -0.05) is 61.4 Å². The van der Waals surface area contributed by atoms with Crippen LogP contribution in [0.5, 0.6) is 0 Å². The van der Waals surface area contributed by atoms with E-state index < -0.39 is 10.0 Å². The van der Waals surface area contributed by atoms with Gasteiger partial charge in [-0.25, -0.2) is 4.83 Å². The van der Waals surface area contributed by atoms with Crippen LogP contribution >= 0.6 is 0 Å². The van der Waals surface area contributed by atoms with Gasteiger partial charge in [0.25, 0.3) is 10.0 Å². The van der Waals surface area contributed by atoms with Gasteiger partial charge in [0.1, 0.15) is 0 Å². The SMILES string of the molecule is CCCC/C(Cc1ccccc1)=N\NS(=O)(=O)c1ccc(C)cc1. The van der Waals surface area contributed by atoms with Crippen molar-refractivity contribution in [1.82, 2.24) is 4.83 Å². The summed E-state index contributed by atoms with van der Waals surface area (Å²) in [4.78, 5) is 2.61. The average molecular weight is 344 g/mol. The zero-order chi connectivity index (χ0) is 17.4. The van der Waals surface area contributed by atoms with Crippen LogP contribution in [0.1, 0.15) is 37.3 Å². The lowest BCUT2D eigenvalue weighted by atomic mass is 10.0. The Balaban J connectivity index is 2.14. The van der Waals surface area contributed by atoms with Crippen molar-refractivity contribution in [2.45, 2.75) is 44.4 Å². The van der Waals surface area contributed by atoms with E-state index in [1.807, 2.05) is 37.3 Å². The second kappa shape index (κ2) is 8.64. The monoisotopic (exact) mass is 344 g/mol. The van der Waals surface area contributed by atoms with Crippen LogP contribution in [0.15, 0.2) is 64.6 Å². The van der Waals surface area contributed by atoms with E-state index in [0.717, 1.165) is 36.1 Å². The normalized spacial score (nSPS) is 12.2. The van der Waals surface area contributed by atoms with Gasteiger partial charge in [-0.3, -0.25) is 0 Å². The summed E-state index contributed by atoms with van der Waals surface area (Å²) in [5.41, 5.74) is 2.99. The molecule has 0 spiro atoms. The van der Waals surface area contributed by atoms with Crippen LogP contribution in [0.2, 0.25) is 0 Å². The van der Waals surface area contributed by atoms with Crippen molar-refractivity contribution in [1.29, 1.82) is 0 Å². The minimum atomic E-state index is -3.63. The van der Waals surface area contributed by atoms with E-state index in [0.29, 0.717) is 6.42 Å². The first-order valence-electron chi connectivity index (χ1n) is 8.19. The molecule has 2 aromatic carbocycles. The van der Waals surface area contributed by atoms with Gasteiger partial charge in [0, 0.05) is 12.1 Å². The number of rotatable bonds is 8. The lowest BCUT2D eigenvalue weighted by Crippen LogP contribution is -2.21. The molecule has 0 aromatic heterocycles. The smallest absolute Gasteiger partial charge is 0.200 e. The number of hydrogen-bond acceptors (Lipinski definition) is 3. The molecular weight excluding hydrogens is 320 g/mol. The Kier molecular flexibility index (Phi) is 6.55. The van der Waals surface area contributed by atoms with Crippen LogP contribution in [0.25, 0.3) is 0 Å². The second-order valence-corrected chi connectivity index (χ2v) is 7.51. The molecule has 0 aliphatic heterocycles. The Hall–Kier alpha value is -2.14. The Labute approximate surface area is 144 Å². The fraction of sp³-hybridized carbons (Fsp3) is 0.316. The van der Waals surface area contributed by atoms with E-state index in [2.05, 4.69) is 16.9 Å². The first kappa shape index (κ1) is 18.2. The number of nitrogens with one attached hydrogen (secondary N) is 1. The summed E-state index contributed by atoms with van der Waals surface area (Å²) in [7, 11) is -3.63. The highest BCUT2D eigenvalue weighted by atomic mass is 32.2. The number of unbranched alkanes of at least 4 members (excludes halogenated alkanes) is 1. The van der Waals surface area contributed by atoms with Crippen molar-refractivity contribution < 1.29 is 8.42 Å². The third-order valence-corrected chi connectivity index (χ3v) is 4.95. The van der Waals surface area contributed by atoms with Crippen LogP contribution in [0.3, 0.4) is 0 Å². The molecule has 24 heavy (non-hydrogen) atoms. The highest BCUT2D eigenvalue weighted by molar-refractivity contribution is 7.89. The summed E-state index contributed by atoms with van der Waals surface area (Å²) >= 11 is 0. The zero-order valence-electron chi connectivity index (χ0n) is 14.2. The molecule has 0 atom stereocenters. The fourth-order valence-corrected chi connectivity index (χ4v) is 3.14. The number of benzene rings is 2. The zero-order valence-corrected chi connectivity index (χ0v) is 15.0. The Morgan fingerprint density at radius 2 is 1.71 bits per heavy atom. The third-order valence-electron chi connectivity index (χ3n) is 3.73. The molecule has 0 radical (unpaired) electrons. The van der Waals surface area contributed by atoms with Crippen molar-refractivity contribution in [2.24, 2.45) is 5.10 Å². The molecule has 0 aliphatic carbocycles. The van der Waals surface area contributed by atoms with E-state index >= 15 is 0 Å². The number of nitrogens with zero attached hydrogens (tertiary/aromatic N) is 1. The summed E-state index contributed by atoms with van der Waals surface area (Å²) in [6.07, 6.45) is 3.45. The standard InChI is InChI=1S/C19H24N2O2S/c1-3-4-10-18(15-17-8-6-5-7-9-17)20-21-24(22,23)19-13-11-16(2)12-14-19/h5-9,11-14,21H,3-4,10,15H2,1-2H3/b20-18+. The summed E-state index contributed by atoms with van der Waals surface area (Å²) in [5, 5.41) is 4.21. The maximum Gasteiger partial charge on any atom is 0.276 e. The van der Waals surface area contributed by atoms with Crippen molar-refractivity contribution >= 4 is 15.7 Å². The molecule has 2 rings (SSSR count). The summed E-state index contributed by atoms with van der Waals surface area (Å²) in [5.74, 6) is 0. The summed E-state index contributed by atoms with van der Waals surface area (Å²) in [6, 6.07) is 16.7. The number of sulfonamides is 1. The number of hydrazone groups is 1. The molecule has 0 aliphatic rings. The maximum absolute atomic E-state index is 12.4. The van der Waals surface area contributed by atoms with Crippen molar-refractivity contribution in [3.05, 3.63) is 65.7 Å². The number of aryl methyl sites for hydroxylation is 1. The van der Waals surface area contributed by atoms with Gasteiger partial charge < -0.3 is 0 Å². The van der Waals surface area contributed by atoms with Crippen LogP contribution < -0.4 is 4.83 Å². The van der Waals surface area contributed by atoms with Gasteiger partial charge in [0.2, 0.25) is 0 Å². The summed E-state index contributed by atoms with van der Waals surface area (Å²) in [6.45, 7) is 4.03. The third kappa shape index (κ3) is 5.49. The molecule has 0 bridgehead atoms. The van der Waals surface area contributed by atoms with Gasteiger partial charge in [-0.05, 0) is 37.5 Å². The molecule has 5 heteroatoms. The Morgan fingerprint density at radius 1 is 1.04 bits per heavy atom. The first-order chi connectivity index (χ1) is 11.5.